The molecule has 70 valence electrons. The molecule has 0 saturated heterocycles. The summed E-state index contributed by atoms with van der Waals surface area (Å²) in [5, 5.41) is 0. The molecule has 0 aromatic heterocycles. The number of hydrogen-bond acceptors (Lipinski definition) is 3. The van der Waals surface area contributed by atoms with Crippen molar-refractivity contribution in [2.24, 2.45) is 10.3 Å². The van der Waals surface area contributed by atoms with E-state index in [0.717, 1.165) is 12.8 Å². The van der Waals surface area contributed by atoms with Crippen LogP contribution in [0.1, 0.15) is 33.1 Å². The molecule has 0 aliphatic carbocycles. The van der Waals surface area contributed by atoms with Crippen molar-refractivity contribution in [3.05, 3.63) is 0 Å². The smallest absolute Gasteiger partial charge is 0.445 e. The Kier molecular flexibility index (Phi) is 6.85. The lowest BCUT2D eigenvalue weighted by Gasteiger charge is -2.03. The molecule has 0 fully saturated rings. The molecule has 0 aromatic carbocycles. The summed E-state index contributed by atoms with van der Waals surface area (Å²) in [5.41, 5.74) is 0. The first-order valence-electron chi connectivity index (χ1n) is 4.17. The maximum Gasteiger partial charge on any atom is 0.445 e. The fourth-order valence-corrected chi connectivity index (χ4v) is 0.893. The molecule has 0 aromatic rings. The minimum Gasteiger partial charge on any atom is -0.447 e. The number of rotatable bonds is 5. The van der Waals surface area contributed by atoms with E-state index in [2.05, 4.69) is 35.4 Å². The minimum absolute atomic E-state index is 0.436. The summed E-state index contributed by atoms with van der Waals surface area (Å²) in [6.45, 7) is 4.78. The predicted molar refractivity (Wildman–Crippen MR) is 49.8 cm³/mol. The van der Waals surface area contributed by atoms with Crippen LogP contribution in [-0.4, -0.2) is 12.7 Å². The first-order chi connectivity index (χ1) is 5.66. The Morgan fingerprint density at radius 3 is 2.67 bits per heavy atom. The van der Waals surface area contributed by atoms with Crippen LogP contribution in [0.25, 0.3) is 0 Å². The second kappa shape index (κ2) is 7.16. The van der Waals surface area contributed by atoms with E-state index in [1.54, 1.807) is 0 Å². The summed E-state index contributed by atoms with van der Waals surface area (Å²) in [6, 6.07) is 0. The Balaban J connectivity index is 3.11. The molecule has 0 spiro atoms. The highest BCUT2D eigenvalue weighted by atomic mass is 32.1. The van der Waals surface area contributed by atoms with Gasteiger partial charge in [-0.2, -0.15) is 0 Å². The zero-order valence-corrected chi connectivity index (χ0v) is 8.39. The lowest BCUT2D eigenvalue weighted by molar-refractivity contribution is 0.155. The Bertz CT molecular complexity index is 148. The van der Waals surface area contributed by atoms with Gasteiger partial charge in [-0.3, -0.25) is 0 Å². The summed E-state index contributed by atoms with van der Waals surface area (Å²) in [4.78, 5) is 10.4. The second-order valence-electron chi connectivity index (χ2n) is 3.10. The molecule has 0 aliphatic rings. The standard InChI is InChI=1S/C8H15NO2S/c1-7(2)5-3-4-6-11-8(10)9-12/h7H,3-6H2,1-2H3. The van der Waals surface area contributed by atoms with Crippen LogP contribution in [0.2, 0.25) is 0 Å². The molecule has 1 amide bonds. The molecule has 12 heavy (non-hydrogen) atoms. The number of ether oxygens (including phenoxy) is 1. The van der Waals surface area contributed by atoms with Gasteiger partial charge in [0.15, 0.2) is 0 Å². The number of carbonyl (C=O) groups excluding carboxylic acids is 1. The highest BCUT2D eigenvalue weighted by molar-refractivity contribution is 7.47. The third kappa shape index (κ3) is 7.60. The Morgan fingerprint density at radius 1 is 1.50 bits per heavy atom. The van der Waals surface area contributed by atoms with Crippen molar-refractivity contribution >= 4 is 18.5 Å². The maximum absolute atomic E-state index is 10.4. The lowest BCUT2D eigenvalue weighted by Crippen LogP contribution is -2.00. The van der Waals surface area contributed by atoms with Crippen LogP contribution < -0.4 is 0 Å². The van der Waals surface area contributed by atoms with Gasteiger partial charge < -0.3 is 4.74 Å². The van der Waals surface area contributed by atoms with E-state index in [9.17, 15) is 4.79 Å². The summed E-state index contributed by atoms with van der Waals surface area (Å²) < 4.78 is 7.61. The summed E-state index contributed by atoms with van der Waals surface area (Å²) in [7, 11) is 0. The van der Waals surface area contributed by atoms with Crippen molar-refractivity contribution < 1.29 is 9.53 Å². The maximum atomic E-state index is 10.4. The van der Waals surface area contributed by atoms with E-state index in [1.165, 1.54) is 6.42 Å². The number of amides is 1. The number of unbranched alkanes of at least 4 members (excludes halogenated alkanes) is 1. The van der Waals surface area contributed by atoms with Gasteiger partial charge in [-0.1, -0.05) is 20.3 Å². The molecule has 3 nitrogen and oxygen atoms in total. The number of carbonyl (C=O) groups is 1. The topological polar surface area (TPSA) is 38.7 Å². The van der Waals surface area contributed by atoms with Gasteiger partial charge in [0.2, 0.25) is 0 Å². The van der Waals surface area contributed by atoms with Gasteiger partial charge in [0, 0.05) is 12.4 Å². The molecule has 0 atom stereocenters. The fraction of sp³-hybridized carbons (Fsp3) is 0.875. The SMILES string of the molecule is CC(C)CCCCOC(=O)N=S. The monoisotopic (exact) mass is 189 g/mol. The van der Waals surface area contributed by atoms with Gasteiger partial charge in [0.05, 0.1) is 6.61 Å². The molecule has 0 N–H and O–H groups in total. The van der Waals surface area contributed by atoms with Crippen LogP contribution in [0.4, 0.5) is 4.79 Å². The Labute approximate surface area is 78.7 Å². The molecule has 4 heteroatoms. The predicted octanol–water partition coefficient (Wildman–Crippen LogP) is 2.68. The third-order valence-electron chi connectivity index (χ3n) is 1.48. The first-order valence-corrected chi connectivity index (χ1v) is 4.53. The van der Waals surface area contributed by atoms with Crippen molar-refractivity contribution in [3.8, 4) is 0 Å². The van der Waals surface area contributed by atoms with Gasteiger partial charge in [-0.05, 0) is 18.8 Å². The first kappa shape index (κ1) is 11.5. The molecule has 0 bridgehead atoms. The Morgan fingerprint density at radius 2 is 2.17 bits per heavy atom. The van der Waals surface area contributed by atoms with Gasteiger partial charge in [0.25, 0.3) is 0 Å². The van der Waals surface area contributed by atoms with Crippen molar-refractivity contribution in [2.75, 3.05) is 6.61 Å². The van der Waals surface area contributed by atoms with E-state index in [1.807, 2.05) is 0 Å². The quantitative estimate of drug-likeness (QED) is 0.624. The van der Waals surface area contributed by atoms with Crippen molar-refractivity contribution in [1.29, 1.82) is 0 Å². The average Bonchev–Trinajstić information content (AvgIpc) is 2.03. The zero-order valence-electron chi connectivity index (χ0n) is 7.58. The van der Waals surface area contributed by atoms with Crippen LogP contribution in [0.5, 0.6) is 0 Å². The van der Waals surface area contributed by atoms with Gasteiger partial charge in [-0.15, -0.1) is 4.36 Å². The largest absolute Gasteiger partial charge is 0.447 e. The third-order valence-corrected chi connectivity index (χ3v) is 1.62. The van der Waals surface area contributed by atoms with Gasteiger partial charge in [0.1, 0.15) is 0 Å². The molecule has 0 saturated carbocycles. The molecule has 0 aliphatic heterocycles. The molecule has 0 heterocycles. The minimum atomic E-state index is -0.644. The molecule has 0 radical (unpaired) electrons. The van der Waals surface area contributed by atoms with E-state index in [-0.39, 0.29) is 0 Å². The van der Waals surface area contributed by atoms with Gasteiger partial charge >= 0.3 is 6.09 Å². The van der Waals surface area contributed by atoms with Crippen molar-refractivity contribution in [3.63, 3.8) is 0 Å². The zero-order chi connectivity index (χ0) is 9.40. The highest BCUT2D eigenvalue weighted by Crippen LogP contribution is 2.05. The van der Waals surface area contributed by atoms with E-state index in [0.29, 0.717) is 12.5 Å². The molecule has 0 unspecified atom stereocenters. The molecule has 0 rings (SSSR count). The average molecular weight is 189 g/mol. The normalized spacial score (nSPS) is 9.92. The van der Waals surface area contributed by atoms with E-state index >= 15 is 0 Å². The number of nitrogens with zero attached hydrogens (tertiary/aromatic N) is 1. The van der Waals surface area contributed by atoms with E-state index < -0.39 is 6.09 Å². The van der Waals surface area contributed by atoms with E-state index in [4.69, 9.17) is 0 Å². The molecular weight excluding hydrogens is 174 g/mol. The summed E-state index contributed by atoms with van der Waals surface area (Å²) in [5.74, 6) is 0.712. The summed E-state index contributed by atoms with van der Waals surface area (Å²) in [6.07, 6.45) is 2.51. The van der Waals surface area contributed by atoms with Crippen LogP contribution >= 0.6 is 0 Å². The van der Waals surface area contributed by atoms with Crippen LogP contribution in [0, 0.1) is 5.92 Å². The summed E-state index contributed by atoms with van der Waals surface area (Å²) >= 11 is 4.14. The van der Waals surface area contributed by atoms with Crippen LogP contribution in [0.3, 0.4) is 0 Å². The molecular formula is C8H15NO2S. The second-order valence-corrected chi connectivity index (χ2v) is 3.28. The van der Waals surface area contributed by atoms with Crippen molar-refractivity contribution in [1.82, 2.24) is 0 Å². The Hall–Kier alpha value is -0.510. The fourth-order valence-electron chi connectivity index (χ4n) is 0.840. The lowest BCUT2D eigenvalue weighted by atomic mass is 10.1. The van der Waals surface area contributed by atoms with Crippen molar-refractivity contribution in [2.45, 2.75) is 33.1 Å². The highest BCUT2D eigenvalue weighted by Gasteiger charge is 1.98. The van der Waals surface area contributed by atoms with Crippen LogP contribution in [0.15, 0.2) is 4.36 Å². The van der Waals surface area contributed by atoms with Gasteiger partial charge in [-0.25, -0.2) is 4.79 Å². The van der Waals surface area contributed by atoms with Crippen LogP contribution in [-0.2, 0) is 17.2 Å². The number of hydrogen-bond donors (Lipinski definition) is 0.